The summed E-state index contributed by atoms with van der Waals surface area (Å²) in [5, 5.41) is 3.33. The number of fused-ring (bicyclic) bond motifs is 1. The number of thioether (sulfide) groups is 1. The van der Waals surface area contributed by atoms with Gasteiger partial charge in [-0.1, -0.05) is 72.4 Å². The molecule has 0 saturated heterocycles. The molecule has 2 nitrogen and oxygen atoms in total. The second-order valence-electron chi connectivity index (χ2n) is 4.94. The quantitative estimate of drug-likeness (QED) is 0.820. The highest BCUT2D eigenvalue weighted by Gasteiger charge is 2.32. The molecule has 0 N–H and O–H groups in total. The van der Waals surface area contributed by atoms with E-state index in [0.717, 1.165) is 11.7 Å². The van der Waals surface area contributed by atoms with Crippen LogP contribution in [0.5, 0.6) is 0 Å². The third-order valence-corrected chi connectivity index (χ3v) is 4.55. The van der Waals surface area contributed by atoms with E-state index in [1.54, 1.807) is 11.8 Å². The zero-order valence-corrected chi connectivity index (χ0v) is 11.8. The van der Waals surface area contributed by atoms with Crippen LogP contribution in [0.1, 0.15) is 17.2 Å². The summed E-state index contributed by atoms with van der Waals surface area (Å²) >= 11 is 1.73. The van der Waals surface area contributed by atoms with Gasteiger partial charge in [-0.05, 0) is 11.1 Å². The highest BCUT2D eigenvalue weighted by Crippen LogP contribution is 2.40. The Morgan fingerprint density at radius 2 is 1.65 bits per heavy atom. The molecule has 2 aliphatic rings. The molecule has 0 fully saturated rings. The van der Waals surface area contributed by atoms with Crippen LogP contribution in [0.4, 0.5) is 0 Å². The maximum absolute atomic E-state index is 4.85. The SMILES string of the molecule is C1=C(c2ccccc2)N2C[C@@H](c3ccccc3)N=C2S1. The molecular formula is C17H14N2S. The summed E-state index contributed by atoms with van der Waals surface area (Å²) in [7, 11) is 0. The van der Waals surface area contributed by atoms with Gasteiger partial charge >= 0.3 is 0 Å². The molecular weight excluding hydrogens is 264 g/mol. The second-order valence-corrected chi connectivity index (χ2v) is 5.77. The predicted molar refractivity (Wildman–Crippen MR) is 85.3 cm³/mol. The summed E-state index contributed by atoms with van der Waals surface area (Å²) < 4.78 is 0. The zero-order valence-electron chi connectivity index (χ0n) is 10.9. The largest absolute Gasteiger partial charge is 0.317 e. The molecule has 0 aromatic heterocycles. The minimum absolute atomic E-state index is 0.256. The van der Waals surface area contributed by atoms with Crippen molar-refractivity contribution in [1.82, 2.24) is 4.90 Å². The maximum atomic E-state index is 4.85. The van der Waals surface area contributed by atoms with E-state index in [0.29, 0.717) is 0 Å². The lowest BCUT2D eigenvalue weighted by molar-refractivity contribution is 0.577. The Bertz CT molecular complexity index is 677. The molecule has 0 amide bonds. The van der Waals surface area contributed by atoms with Gasteiger partial charge in [-0.2, -0.15) is 0 Å². The van der Waals surface area contributed by atoms with Crippen molar-refractivity contribution in [1.29, 1.82) is 0 Å². The Morgan fingerprint density at radius 1 is 0.950 bits per heavy atom. The van der Waals surface area contributed by atoms with Crippen molar-refractivity contribution in [2.75, 3.05) is 6.54 Å². The van der Waals surface area contributed by atoms with E-state index >= 15 is 0 Å². The van der Waals surface area contributed by atoms with Crippen molar-refractivity contribution in [3.05, 3.63) is 77.2 Å². The average molecular weight is 278 g/mol. The molecule has 20 heavy (non-hydrogen) atoms. The number of rotatable bonds is 2. The molecule has 0 spiro atoms. The molecule has 2 aromatic carbocycles. The molecule has 2 aromatic rings. The van der Waals surface area contributed by atoms with E-state index in [4.69, 9.17) is 4.99 Å². The van der Waals surface area contributed by atoms with E-state index in [9.17, 15) is 0 Å². The minimum atomic E-state index is 0.256. The first kappa shape index (κ1) is 11.8. The summed E-state index contributed by atoms with van der Waals surface area (Å²) in [5.41, 5.74) is 3.83. The van der Waals surface area contributed by atoms with Crippen LogP contribution in [0.3, 0.4) is 0 Å². The topological polar surface area (TPSA) is 15.6 Å². The monoisotopic (exact) mass is 278 g/mol. The Labute approximate surface area is 122 Å². The lowest BCUT2D eigenvalue weighted by atomic mass is 10.1. The van der Waals surface area contributed by atoms with Gasteiger partial charge < -0.3 is 4.90 Å². The van der Waals surface area contributed by atoms with E-state index in [1.807, 2.05) is 0 Å². The Balaban J connectivity index is 1.61. The Kier molecular flexibility index (Phi) is 2.85. The normalized spacial score (nSPS) is 20.6. The van der Waals surface area contributed by atoms with E-state index in [2.05, 4.69) is 71.0 Å². The van der Waals surface area contributed by atoms with Crippen molar-refractivity contribution in [2.45, 2.75) is 6.04 Å². The second kappa shape index (κ2) is 4.84. The molecule has 3 heteroatoms. The first-order chi connectivity index (χ1) is 9.92. The first-order valence-electron chi connectivity index (χ1n) is 6.74. The number of nitrogens with zero attached hydrogens (tertiary/aromatic N) is 2. The number of aliphatic imine (C=N–C) groups is 1. The van der Waals surface area contributed by atoms with Crippen molar-refractivity contribution in [3.8, 4) is 0 Å². The molecule has 1 atom stereocenters. The van der Waals surface area contributed by atoms with Crippen LogP contribution in [0, 0.1) is 0 Å². The highest BCUT2D eigenvalue weighted by atomic mass is 32.2. The van der Waals surface area contributed by atoms with Gasteiger partial charge in [0.25, 0.3) is 0 Å². The smallest absolute Gasteiger partial charge is 0.168 e. The van der Waals surface area contributed by atoms with Crippen LogP contribution >= 0.6 is 11.8 Å². The molecule has 0 bridgehead atoms. The molecule has 4 rings (SSSR count). The number of hydrogen-bond donors (Lipinski definition) is 0. The molecule has 0 radical (unpaired) electrons. The summed E-state index contributed by atoms with van der Waals surface area (Å²) in [6, 6.07) is 21.3. The van der Waals surface area contributed by atoms with Crippen molar-refractivity contribution < 1.29 is 0 Å². The van der Waals surface area contributed by atoms with Gasteiger partial charge in [0, 0.05) is 5.41 Å². The Morgan fingerprint density at radius 3 is 2.40 bits per heavy atom. The maximum Gasteiger partial charge on any atom is 0.168 e. The Hall–Kier alpha value is -2.00. The average Bonchev–Trinajstić information content (AvgIpc) is 3.09. The molecule has 0 unspecified atom stereocenters. The summed E-state index contributed by atoms with van der Waals surface area (Å²) in [6.45, 7) is 0.938. The van der Waals surface area contributed by atoms with Crippen molar-refractivity contribution >= 4 is 22.6 Å². The van der Waals surface area contributed by atoms with Gasteiger partial charge in [0.1, 0.15) is 0 Å². The summed E-state index contributed by atoms with van der Waals surface area (Å²) in [4.78, 5) is 7.18. The van der Waals surface area contributed by atoms with Crippen molar-refractivity contribution in [3.63, 3.8) is 0 Å². The molecule has 0 saturated carbocycles. The lowest BCUT2D eigenvalue weighted by Crippen LogP contribution is -2.20. The van der Waals surface area contributed by atoms with Gasteiger partial charge in [-0.25, -0.2) is 0 Å². The molecule has 0 aliphatic carbocycles. The van der Waals surface area contributed by atoms with Crippen LogP contribution in [0.2, 0.25) is 0 Å². The summed E-state index contributed by atoms with van der Waals surface area (Å²) in [6.07, 6.45) is 0. The third kappa shape index (κ3) is 1.95. The number of amidine groups is 1. The van der Waals surface area contributed by atoms with Gasteiger partial charge in [0.05, 0.1) is 18.3 Å². The number of benzene rings is 2. The standard InChI is InChI=1S/C17H14N2S/c1-3-7-13(8-4-1)15-11-19-16(12-20-17(19)18-15)14-9-5-2-6-10-14/h1-10,12,15H,11H2/t15-/m0/s1. The van der Waals surface area contributed by atoms with E-state index in [1.165, 1.54) is 16.8 Å². The van der Waals surface area contributed by atoms with Crippen LogP contribution in [-0.2, 0) is 0 Å². The lowest BCUT2D eigenvalue weighted by Gasteiger charge is -2.18. The van der Waals surface area contributed by atoms with Crippen LogP contribution < -0.4 is 0 Å². The first-order valence-corrected chi connectivity index (χ1v) is 7.62. The van der Waals surface area contributed by atoms with Gasteiger partial charge in [0.15, 0.2) is 5.17 Å². The summed E-state index contributed by atoms with van der Waals surface area (Å²) in [5.74, 6) is 0. The highest BCUT2D eigenvalue weighted by molar-refractivity contribution is 8.16. The molecule has 2 aliphatic heterocycles. The van der Waals surface area contributed by atoms with Gasteiger partial charge in [-0.15, -0.1) is 0 Å². The van der Waals surface area contributed by atoms with Crippen LogP contribution in [-0.4, -0.2) is 16.6 Å². The van der Waals surface area contributed by atoms with Crippen molar-refractivity contribution in [2.24, 2.45) is 4.99 Å². The van der Waals surface area contributed by atoms with Crippen LogP contribution in [0.15, 0.2) is 71.1 Å². The van der Waals surface area contributed by atoms with E-state index < -0.39 is 0 Å². The predicted octanol–water partition coefficient (Wildman–Crippen LogP) is 4.14. The van der Waals surface area contributed by atoms with Gasteiger partial charge in [-0.3, -0.25) is 4.99 Å². The number of hydrogen-bond acceptors (Lipinski definition) is 3. The van der Waals surface area contributed by atoms with E-state index in [-0.39, 0.29) is 6.04 Å². The fourth-order valence-electron chi connectivity index (χ4n) is 2.65. The molecule has 98 valence electrons. The zero-order chi connectivity index (χ0) is 13.4. The third-order valence-electron chi connectivity index (χ3n) is 3.67. The van der Waals surface area contributed by atoms with Crippen LogP contribution in [0.25, 0.3) is 5.70 Å². The van der Waals surface area contributed by atoms with Gasteiger partial charge in [0.2, 0.25) is 0 Å². The molecule has 2 heterocycles. The fraction of sp³-hybridized carbons (Fsp3) is 0.118. The fourth-order valence-corrected chi connectivity index (χ4v) is 3.62. The minimum Gasteiger partial charge on any atom is -0.317 e.